The molecule has 7 aromatic rings. The quantitative estimate of drug-likeness (QED) is 0.0556. The summed E-state index contributed by atoms with van der Waals surface area (Å²) in [7, 11) is 0. The van der Waals surface area contributed by atoms with E-state index in [1.165, 1.54) is 79.5 Å². The highest BCUT2D eigenvalue weighted by Crippen LogP contribution is 2.43. The maximum absolute atomic E-state index is 14.7. The van der Waals surface area contributed by atoms with E-state index in [4.69, 9.17) is 9.97 Å². The molecule has 2 N–H and O–H groups in total. The highest BCUT2D eigenvalue weighted by Gasteiger charge is 2.58. The number of hydrogen-bond acceptors (Lipinski definition) is 2. The molecule has 466 valence electrons. The molecule has 88 heavy (non-hydrogen) atoms. The van der Waals surface area contributed by atoms with Gasteiger partial charge in [-0.2, -0.15) is 92.9 Å². The molecule has 0 radical (unpaired) electrons. The second-order valence-electron chi connectivity index (χ2n) is 21.2. The van der Waals surface area contributed by atoms with Crippen LogP contribution in [0.3, 0.4) is 0 Å². The summed E-state index contributed by atoms with van der Waals surface area (Å²) in [5, 5.41) is 0. The van der Waals surface area contributed by atoms with Gasteiger partial charge in [0.25, 0.3) is 0 Å². The van der Waals surface area contributed by atoms with Crippen molar-refractivity contribution in [3.05, 3.63) is 145 Å². The van der Waals surface area contributed by atoms with Gasteiger partial charge in [-0.1, -0.05) is 0 Å². The molecule has 0 spiro atoms. The zero-order chi connectivity index (χ0) is 63.8. The van der Waals surface area contributed by atoms with Gasteiger partial charge >= 0.3 is 48.1 Å². The minimum absolute atomic E-state index is 0.103. The van der Waals surface area contributed by atoms with Crippen LogP contribution in [0.4, 0.5) is 83.4 Å². The summed E-state index contributed by atoms with van der Waals surface area (Å²) in [6.45, 7) is -1.38. The molecule has 0 aliphatic carbocycles. The largest absolute Gasteiger partial charge is 0.453 e. The third kappa shape index (κ3) is 13.6. The number of pyridine rings is 4. The fraction of sp³-hybridized carbons (Fsp3) is 0.344. The van der Waals surface area contributed by atoms with Crippen molar-refractivity contribution in [2.75, 3.05) is 0 Å². The minimum atomic E-state index is -5.86. The summed E-state index contributed by atoms with van der Waals surface area (Å²) in [6.07, 6.45) is -14.2. The van der Waals surface area contributed by atoms with E-state index in [0.29, 0.717) is 0 Å². The highest BCUT2D eigenvalue weighted by atomic mass is 19.4. The number of aromatic amines is 2. The van der Waals surface area contributed by atoms with Gasteiger partial charge in [-0.3, -0.25) is 0 Å². The molecule has 0 unspecified atom stereocenters. The molecule has 0 amide bonds. The van der Waals surface area contributed by atoms with Crippen LogP contribution >= 0.6 is 0 Å². The Kier molecular flexibility index (Phi) is 17.9. The Balaban J connectivity index is 1.36. The summed E-state index contributed by atoms with van der Waals surface area (Å²) in [4.78, 5) is 16.9. The van der Waals surface area contributed by atoms with Gasteiger partial charge in [0.1, 0.15) is 26.2 Å². The summed E-state index contributed by atoms with van der Waals surface area (Å²) >= 11 is 0. The molecule has 0 aromatic carbocycles. The summed E-state index contributed by atoms with van der Waals surface area (Å²) in [6, 6.07) is 24.8. The second kappa shape index (κ2) is 24.4. The zero-order valence-electron chi connectivity index (χ0n) is 46.2. The molecule has 0 fully saturated rings. The summed E-state index contributed by atoms with van der Waals surface area (Å²) in [5.74, 6) is -23.9. The third-order valence-electron chi connectivity index (χ3n) is 15.0. The van der Waals surface area contributed by atoms with E-state index in [2.05, 4.69) is 9.97 Å². The first-order valence-electron chi connectivity index (χ1n) is 27.4. The van der Waals surface area contributed by atoms with Crippen molar-refractivity contribution < 1.29 is 102 Å². The number of hydrogen-bond donors (Lipinski definition) is 2. The molecule has 9 heterocycles. The number of aromatic nitrogens is 8. The SMILES string of the molecule is CC(F)(F)C(F)(F)CCC[n+]1ccccc1-c1c2nc(c(-c3cccc[n+]3CCCC(F)(F)C(F)(F)F)c3ccc([nH]3)c(-c3cccc[n+]3CCCC(F)(F)C(F)(F)F)c3nc(c(-c4cccc[n+]4CCCC(F)(F)C(F)(F)F)c4ccc1[nH]4)C=C3)C=C2. The number of halogens is 19. The number of alkyl halides is 19. The van der Waals surface area contributed by atoms with Gasteiger partial charge in [-0.25, -0.2) is 18.7 Å². The van der Waals surface area contributed by atoms with E-state index in [9.17, 15) is 83.4 Å². The molecule has 0 saturated heterocycles. The van der Waals surface area contributed by atoms with Crippen LogP contribution in [0.2, 0.25) is 0 Å². The molecule has 8 nitrogen and oxygen atoms in total. The molecule has 7 aromatic heterocycles. The average Bonchev–Trinajstić information content (AvgIpc) is 1.79. The first-order chi connectivity index (χ1) is 41.2. The first-order valence-corrected chi connectivity index (χ1v) is 27.4. The predicted octanol–water partition coefficient (Wildman–Crippen LogP) is 16.5. The first kappa shape index (κ1) is 64.3. The van der Waals surface area contributed by atoms with Crippen LogP contribution < -0.4 is 18.3 Å². The van der Waals surface area contributed by atoms with Crippen molar-refractivity contribution in [3.63, 3.8) is 0 Å². The van der Waals surface area contributed by atoms with Crippen LogP contribution in [0, 0.1) is 0 Å². The predicted molar refractivity (Wildman–Crippen MR) is 287 cm³/mol. The average molecular weight is 1260 g/mol. The Morgan fingerprint density at radius 1 is 0.318 bits per heavy atom. The Labute approximate surface area is 489 Å². The van der Waals surface area contributed by atoms with Crippen molar-refractivity contribution in [3.8, 4) is 45.0 Å². The highest BCUT2D eigenvalue weighted by molar-refractivity contribution is 5.97. The zero-order valence-corrected chi connectivity index (χ0v) is 46.2. The van der Waals surface area contributed by atoms with Gasteiger partial charge in [-0.15, -0.1) is 0 Å². The number of nitrogens with one attached hydrogen (secondary N) is 2. The van der Waals surface area contributed by atoms with Crippen LogP contribution in [0.25, 0.3) is 91.4 Å². The number of aryl methyl sites for hydroxylation is 4. The van der Waals surface area contributed by atoms with Crippen LogP contribution in [0.15, 0.2) is 122 Å². The number of rotatable bonds is 21. The fourth-order valence-electron chi connectivity index (χ4n) is 10.4. The lowest BCUT2D eigenvalue weighted by atomic mass is 10.1. The number of nitrogens with zero attached hydrogens (tertiary/aromatic N) is 6. The van der Waals surface area contributed by atoms with Gasteiger partial charge in [0.2, 0.25) is 22.8 Å². The van der Waals surface area contributed by atoms with E-state index in [1.54, 1.807) is 84.9 Å². The second-order valence-corrected chi connectivity index (χ2v) is 21.2. The maximum Gasteiger partial charge on any atom is 0.453 e. The van der Waals surface area contributed by atoms with Gasteiger partial charge in [0, 0.05) is 107 Å². The van der Waals surface area contributed by atoms with E-state index < -0.39 is 119 Å². The van der Waals surface area contributed by atoms with E-state index >= 15 is 0 Å². The van der Waals surface area contributed by atoms with E-state index in [-0.39, 0.29) is 103 Å². The Bertz CT molecular complexity index is 3430. The lowest BCUT2D eigenvalue weighted by molar-refractivity contribution is -0.687. The minimum Gasteiger partial charge on any atom is -0.354 e. The molecule has 27 heteroatoms. The molecular formula is C61H53F19N8+4. The van der Waals surface area contributed by atoms with Crippen molar-refractivity contribution in [1.29, 1.82) is 0 Å². The van der Waals surface area contributed by atoms with Gasteiger partial charge in [0.15, 0.2) is 24.8 Å². The van der Waals surface area contributed by atoms with Crippen molar-refractivity contribution >= 4 is 46.4 Å². The third-order valence-corrected chi connectivity index (χ3v) is 15.0. The Morgan fingerprint density at radius 3 is 0.761 bits per heavy atom. The number of fused-ring (bicyclic) bond motifs is 8. The van der Waals surface area contributed by atoms with E-state index in [1.807, 2.05) is 0 Å². The molecule has 9 rings (SSSR count). The monoisotopic (exact) mass is 1260 g/mol. The summed E-state index contributed by atoms with van der Waals surface area (Å²) < 4.78 is 270. The molecule has 0 atom stereocenters. The van der Waals surface area contributed by atoms with Gasteiger partial charge < -0.3 is 9.97 Å². The van der Waals surface area contributed by atoms with Gasteiger partial charge in [0.05, 0.1) is 67.1 Å². The van der Waals surface area contributed by atoms with Gasteiger partial charge in [-0.05, 0) is 72.8 Å². The normalized spacial score (nSPS) is 13.7. The Morgan fingerprint density at radius 2 is 0.545 bits per heavy atom. The molecule has 0 saturated carbocycles. The molecular weight excluding hydrogens is 1210 g/mol. The van der Waals surface area contributed by atoms with Crippen LogP contribution in [-0.2, 0) is 26.2 Å². The van der Waals surface area contributed by atoms with E-state index in [0.717, 1.165) is 0 Å². The summed E-state index contributed by atoms with van der Waals surface area (Å²) in [5.41, 5.74) is 3.00. The maximum atomic E-state index is 14.7. The Hall–Kier alpha value is -8.13. The fourth-order valence-corrected chi connectivity index (χ4v) is 10.4. The smallest absolute Gasteiger partial charge is 0.354 e. The van der Waals surface area contributed by atoms with Crippen LogP contribution in [0.1, 0.15) is 81.1 Å². The lowest BCUT2D eigenvalue weighted by Gasteiger charge is -2.22. The van der Waals surface area contributed by atoms with Crippen molar-refractivity contribution in [1.82, 2.24) is 19.9 Å². The van der Waals surface area contributed by atoms with Crippen molar-refractivity contribution in [2.45, 2.75) is 133 Å². The van der Waals surface area contributed by atoms with Crippen molar-refractivity contribution in [2.24, 2.45) is 0 Å². The van der Waals surface area contributed by atoms with Crippen LogP contribution in [-0.4, -0.2) is 68.1 Å². The van der Waals surface area contributed by atoms with Crippen LogP contribution in [0.5, 0.6) is 0 Å². The lowest BCUT2D eigenvalue weighted by Crippen LogP contribution is -2.40. The molecule has 2 aliphatic rings. The topological polar surface area (TPSA) is 72.9 Å². The number of H-pyrrole nitrogens is 2. The standard InChI is InChI=1S/C61H52F19N8/c1-54(62,63)55(64,65)26-10-34-85-30-6-2-14-46(85)50-38-18-20-40(81-38)51(47-15-3-7-31-86(47)35-11-27-56(66,67)59(72,73)74)42-22-24-44(83-42)53(49-17-5-9-33-88(49)37-13-29-58(70,71)61(78,79)80)45-25-23-43(84-45)52(41-21-19-39(50)82-41)48-16-4-8-32-87(48)36-12-28-57(68,69)60(75,76)77/h2-9,14-25,30-33H,10-13,26-29,34-37H2,1H3,(H,81,82,83,84)/q+3/p+1. The molecule has 2 aliphatic heterocycles. The molecule has 8 bridgehead atoms.